The summed E-state index contributed by atoms with van der Waals surface area (Å²) in [5.41, 5.74) is 4.52. The fourth-order valence-corrected chi connectivity index (χ4v) is 1.99. The molecule has 1 saturated heterocycles. The van der Waals surface area contributed by atoms with Gasteiger partial charge in [-0.05, 0) is 18.2 Å². The van der Waals surface area contributed by atoms with Crippen molar-refractivity contribution in [3.05, 3.63) is 23.8 Å². The van der Waals surface area contributed by atoms with Gasteiger partial charge in [0.2, 0.25) is 0 Å². The number of benzene rings is 1. The SMILES string of the molecule is NC(=O)Nc1cc(N2CCOCC2)cc(C(F)(F)F)c1. The average Bonchev–Trinajstić information content (AvgIpc) is 2.37. The second-order valence-electron chi connectivity index (χ2n) is 4.35. The molecule has 1 aromatic rings. The quantitative estimate of drug-likeness (QED) is 0.875. The molecule has 0 aliphatic carbocycles. The van der Waals surface area contributed by atoms with Gasteiger partial charge in [-0.15, -0.1) is 0 Å². The van der Waals surface area contributed by atoms with Gasteiger partial charge in [0, 0.05) is 24.5 Å². The van der Waals surface area contributed by atoms with Crippen LogP contribution in [0.15, 0.2) is 18.2 Å². The van der Waals surface area contributed by atoms with E-state index in [4.69, 9.17) is 10.5 Å². The van der Waals surface area contributed by atoms with Crippen LogP contribution in [0, 0.1) is 0 Å². The molecule has 0 radical (unpaired) electrons. The highest BCUT2D eigenvalue weighted by molar-refractivity contribution is 5.88. The third kappa shape index (κ3) is 3.53. The van der Waals surface area contributed by atoms with E-state index in [-0.39, 0.29) is 5.69 Å². The summed E-state index contributed by atoms with van der Waals surface area (Å²) in [4.78, 5) is 12.6. The molecule has 110 valence electrons. The highest BCUT2D eigenvalue weighted by Gasteiger charge is 2.32. The molecular formula is C12H14F3N3O2. The van der Waals surface area contributed by atoms with Crippen molar-refractivity contribution in [1.29, 1.82) is 0 Å². The van der Waals surface area contributed by atoms with E-state index in [2.05, 4.69) is 5.32 Å². The van der Waals surface area contributed by atoms with E-state index in [1.54, 1.807) is 4.90 Å². The number of amides is 2. The highest BCUT2D eigenvalue weighted by atomic mass is 19.4. The van der Waals surface area contributed by atoms with Crippen LogP contribution < -0.4 is 16.0 Å². The van der Waals surface area contributed by atoms with Crippen molar-refractivity contribution in [3.8, 4) is 0 Å². The Kier molecular flexibility index (Phi) is 4.03. The van der Waals surface area contributed by atoms with E-state index >= 15 is 0 Å². The minimum absolute atomic E-state index is 0.0221. The molecule has 8 heteroatoms. The summed E-state index contributed by atoms with van der Waals surface area (Å²) in [6.07, 6.45) is -4.49. The number of urea groups is 1. The Balaban J connectivity index is 2.36. The first-order chi connectivity index (χ1) is 9.36. The van der Waals surface area contributed by atoms with Gasteiger partial charge in [-0.3, -0.25) is 0 Å². The van der Waals surface area contributed by atoms with Crippen molar-refractivity contribution in [2.24, 2.45) is 5.73 Å². The number of carbonyl (C=O) groups is 1. The number of primary amides is 1. The summed E-state index contributed by atoms with van der Waals surface area (Å²) in [5.74, 6) is 0. The van der Waals surface area contributed by atoms with Gasteiger partial charge in [-0.25, -0.2) is 4.79 Å². The number of alkyl halides is 3. The molecule has 0 aromatic heterocycles. The largest absolute Gasteiger partial charge is 0.416 e. The third-order valence-electron chi connectivity index (χ3n) is 2.89. The number of nitrogens with one attached hydrogen (secondary N) is 1. The normalized spacial score (nSPS) is 16.1. The lowest BCUT2D eigenvalue weighted by molar-refractivity contribution is -0.137. The maximum absolute atomic E-state index is 12.9. The molecule has 5 nitrogen and oxygen atoms in total. The number of nitrogens with two attached hydrogens (primary N) is 1. The number of ether oxygens (including phenoxy) is 1. The number of halogens is 3. The minimum Gasteiger partial charge on any atom is -0.378 e. The molecule has 1 aliphatic rings. The molecule has 1 heterocycles. The second-order valence-corrected chi connectivity index (χ2v) is 4.35. The van der Waals surface area contributed by atoms with Crippen LogP contribution in [0.4, 0.5) is 29.3 Å². The fraction of sp³-hybridized carbons (Fsp3) is 0.417. The van der Waals surface area contributed by atoms with Gasteiger partial charge < -0.3 is 20.7 Å². The molecule has 1 aromatic carbocycles. The maximum atomic E-state index is 12.9. The Morgan fingerprint density at radius 2 is 1.90 bits per heavy atom. The molecule has 0 atom stereocenters. The minimum atomic E-state index is -4.49. The summed E-state index contributed by atoms with van der Waals surface area (Å²) in [6.45, 7) is 1.90. The first-order valence-corrected chi connectivity index (χ1v) is 5.98. The van der Waals surface area contributed by atoms with E-state index in [0.717, 1.165) is 12.1 Å². The summed E-state index contributed by atoms with van der Waals surface area (Å²) >= 11 is 0. The van der Waals surface area contributed by atoms with Crippen LogP contribution in [0.25, 0.3) is 0 Å². The van der Waals surface area contributed by atoms with Crippen molar-refractivity contribution in [3.63, 3.8) is 0 Å². The molecule has 2 rings (SSSR count). The van der Waals surface area contributed by atoms with E-state index in [9.17, 15) is 18.0 Å². The van der Waals surface area contributed by atoms with Gasteiger partial charge in [0.05, 0.1) is 18.8 Å². The van der Waals surface area contributed by atoms with Crippen LogP contribution in [0.1, 0.15) is 5.56 Å². The van der Waals surface area contributed by atoms with Crippen LogP contribution in [-0.2, 0) is 10.9 Å². The molecule has 0 unspecified atom stereocenters. The molecule has 1 fully saturated rings. The molecule has 0 bridgehead atoms. The Bertz CT molecular complexity index is 499. The van der Waals surface area contributed by atoms with Crippen LogP contribution >= 0.6 is 0 Å². The van der Waals surface area contributed by atoms with Crippen molar-refractivity contribution in [1.82, 2.24) is 0 Å². The molecule has 1 aliphatic heterocycles. The van der Waals surface area contributed by atoms with Gasteiger partial charge in [0.25, 0.3) is 0 Å². The summed E-state index contributed by atoms with van der Waals surface area (Å²) in [6, 6.07) is 2.47. The zero-order valence-electron chi connectivity index (χ0n) is 10.5. The molecule has 3 N–H and O–H groups in total. The summed E-state index contributed by atoms with van der Waals surface area (Å²) < 4.78 is 43.8. The first-order valence-electron chi connectivity index (χ1n) is 5.98. The average molecular weight is 289 g/mol. The number of nitrogens with zero attached hydrogens (tertiary/aromatic N) is 1. The standard InChI is InChI=1S/C12H14F3N3O2/c13-12(14,15)8-5-9(17-11(16)19)7-10(6-8)18-1-3-20-4-2-18/h5-7H,1-4H2,(H3,16,17,19). The van der Waals surface area contributed by atoms with Gasteiger partial charge >= 0.3 is 12.2 Å². The maximum Gasteiger partial charge on any atom is 0.416 e. The van der Waals surface area contributed by atoms with Crippen molar-refractivity contribution in [2.45, 2.75) is 6.18 Å². The van der Waals surface area contributed by atoms with E-state index in [1.807, 2.05) is 0 Å². The number of rotatable bonds is 2. The van der Waals surface area contributed by atoms with E-state index in [1.165, 1.54) is 6.07 Å². The van der Waals surface area contributed by atoms with Gasteiger partial charge in [0.15, 0.2) is 0 Å². The number of carbonyl (C=O) groups excluding carboxylic acids is 1. The van der Waals surface area contributed by atoms with Crippen molar-refractivity contribution in [2.75, 3.05) is 36.5 Å². The van der Waals surface area contributed by atoms with Gasteiger partial charge in [-0.1, -0.05) is 0 Å². The predicted molar refractivity (Wildman–Crippen MR) is 67.7 cm³/mol. The smallest absolute Gasteiger partial charge is 0.378 e. The van der Waals surface area contributed by atoms with Gasteiger partial charge in [0.1, 0.15) is 0 Å². The second kappa shape index (κ2) is 5.58. The zero-order valence-corrected chi connectivity index (χ0v) is 10.5. The molecular weight excluding hydrogens is 275 g/mol. The highest BCUT2D eigenvalue weighted by Crippen LogP contribution is 2.34. The number of anilines is 2. The lowest BCUT2D eigenvalue weighted by Crippen LogP contribution is -2.36. The zero-order chi connectivity index (χ0) is 14.8. The van der Waals surface area contributed by atoms with Crippen molar-refractivity contribution < 1.29 is 22.7 Å². The molecule has 20 heavy (non-hydrogen) atoms. The topological polar surface area (TPSA) is 67.6 Å². The third-order valence-corrected chi connectivity index (χ3v) is 2.89. The Hall–Kier alpha value is -1.96. The number of hydrogen-bond acceptors (Lipinski definition) is 3. The number of morpholine rings is 1. The van der Waals surface area contributed by atoms with Gasteiger partial charge in [-0.2, -0.15) is 13.2 Å². The monoisotopic (exact) mass is 289 g/mol. The Labute approximate surface area is 113 Å². The fourth-order valence-electron chi connectivity index (χ4n) is 1.99. The van der Waals surface area contributed by atoms with E-state index < -0.39 is 17.8 Å². The van der Waals surface area contributed by atoms with Crippen LogP contribution in [0.2, 0.25) is 0 Å². The van der Waals surface area contributed by atoms with Crippen LogP contribution in [0.3, 0.4) is 0 Å². The molecule has 2 amide bonds. The van der Waals surface area contributed by atoms with E-state index in [0.29, 0.717) is 32.0 Å². The molecule has 0 saturated carbocycles. The lowest BCUT2D eigenvalue weighted by atomic mass is 10.1. The Morgan fingerprint density at radius 3 is 2.45 bits per heavy atom. The Morgan fingerprint density at radius 1 is 1.25 bits per heavy atom. The summed E-state index contributed by atoms with van der Waals surface area (Å²) in [5, 5.41) is 2.18. The summed E-state index contributed by atoms with van der Waals surface area (Å²) in [7, 11) is 0. The first kappa shape index (κ1) is 14.4. The van der Waals surface area contributed by atoms with Crippen LogP contribution in [-0.4, -0.2) is 32.3 Å². The molecule has 0 spiro atoms. The predicted octanol–water partition coefficient (Wildman–Crippen LogP) is 2.03. The van der Waals surface area contributed by atoms with Crippen LogP contribution in [0.5, 0.6) is 0 Å². The lowest BCUT2D eigenvalue weighted by Gasteiger charge is -2.29. The number of hydrogen-bond donors (Lipinski definition) is 2. The van der Waals surface area contributed by atoms with Crippen molar-refractivity contribution >= 4 is 17.4 Å².